The number of benzene rings is 7. The fourth-order valence-corrected chi connectivity index (χ4v) is 9.39. The predicted molar refractivity (Wildman–Crippen MR) is 207 cm³/mol. The summed E-state index contributed by atoms with van der Waals surface area (Å²) in [5, 5.41) is 0. The summed E-state index contributed by atoms with van der Waals surface area (Å²) < 4.78 is 0. The first kappa shape index (κ1) is 29.0. The Morgan fingerprint density at radius 2 is 0.800 bits per heavy atom. The molecule has 1 aromatic heterocycles. The Balaban J connectivity index is 1.22. The molecule has 0 atom stereocenters. The van der Waals surface area contributed by atoms with Gasteiger partial charge < -0.3 is 0 Å². The third kappa shape index (κ3) is 4.39. The molecule has 2 aliphatic rings. The highest BCUT2D eigenvalue weighted by Gasteiger charge is 2.50. The second-order valence-electron chi connectivity index (χ2n) is 13.1. The molecular formula is C48H31NS. The van der Waals surface area contributed by atoms with Crippen molar-refractivity contribution in [1.29, 1.82) is 0 Å². The van der Waals surface area contributed by atoms with Gasteiger partial charge in [0.2, 0.25) is 0 Å². The van der Waals surface area contributed by atoms with Gasteiger partial charge in [-0.05, 0) is 79.9 Å². The quantitative estimate of drug-likeness (QED) is 0.187. The number of aromatic nitrogens is 1. The molecule has 10 rings (SSSR count). The van der Waals surface area contributed by atoms with Crippen LogP contribution in [0.25, 0.3) is 55.9 Å². The molecule has 7 aromatic carbocycles. The van der Waals surface area contributed by atoms with E-state index in [0.29, 0.717) is 0 Å². The van der Waals surface area contributed by atoms with Crippen LogP contribution in [0.4, 0.5) is 0 Å². The Bertz CT molecular complexity index is 2510. The van der Waals surface area contributed by atoms with Gasteiger partial charge in [0.1, 0.15) is 0 Å². The van der Waals surface area contributed by atoms with Crippen molar-refractivity contribution in [2.75, 3.05) is 0 Å². The summed E-state index contributed by atoms with van der Waals surface area (Å²) in [6, 6.07) is 68.5. The molecule has 2 heterocycles. The van der Waals surface area contributed by atoms with Crippen LogP contribution in [0, 0.1) is 0 Å². The highest BCUT2D eigenvalue weighted by atomic mass is 32.2. The molecule has 234 valence electrons. The van der Waals surface area contributed by atoms with E-state index in [0.717, 1.165) is 28.1 Å². The molecule has 1 aliphatic heterocycles. The third-order valence-electron chi connectivity index (χ3n) is 10.4. The van der Waals surface area contributed by atoms with E-state index in [1.54, 1.807) is 0 Å². The Labute approximate surface area is 297 Å². The lowest BCUT2D eigenvalue weighted by Gasteiger charge is -2.39. The minimum atomic E-state index is -0.411. The Kier molecular flexibility index (Phi) is 6.72. The molecule has 0 unspecified atom stereocenters. The second-order valence-corrected chi connectivity index (χ2v) is 14.1. The Hall–Kier alpha value is -5.96. The van der Waals surface area contributed by atoms with Gasteiger partial charge in [-0.1, -0.05) is 176 Å². The van der Waals surface area contributed by atoms with Crippen LogP contribution in [0.2, 0.25) is 0 Å². The SMILES string of the molecule is c1ccc(-c2ccc(-c3cc(-c4cccc5c4-c4ccccc4C54c5ccccc5Sc5ccccc54)cc(-c4ccccc4)n3)cc2)cc1. The number of rotatable bonds is 4. The van der Waals surface area contributed by atoms with Crippen LogP contribution in [0.5, 0.6) is 0 Å². The van der Waals surface area contributed by atoms with E-state index in [4.69, 9.17) is 4.98 Å². The van der Waals surface area contributed by atoms with Gasteiger partial charge in [-0.15, -0.1) is 0 Å². The van der Waals surface area contributed by atoms with Gasteiger partial charge in [0.25, 0.3) is 0 Å². The van der Waals surface area contributed by atoms with Crippen molar-refractivity contribution < 1.29 is 0 Å². The average molecular weight is 654 g/mol. The zero-order valence-corrected chi connectivity index (χ0v) is 28.1. The van der Waals surface area contributed by atoms with Gasteiger partial charge in [0.05, 0.1) is 16.8 Å². The molecule has 1 aliphatic carbocycles. The van der Waals surface area contributed by atoms with E-state index in [9.17, 15) is 0 Å². The Morgan fingerprint density at radius 1 is 0.340 bits per heavy atom. The first-order valence-corrected chi connectivity index (χ1v) is 17.9. The van der Waals surface area contributed by atoms with Crippen LogP contribution in [-0.2, 0) is 5.41 Å². The van der Waals surface area contributed by atoms with Crippen LogP contribution >= 0.6 is 11.8 Å². The first-order chi connectivity index (χ1) is 24.8. The van der Waals surface area contributed by atoms with Crippen LogP contribution < -0.4 is 0 Å². The number of fused-ring (bicyclic) bond motifs is 9. The van der Waals surface area contributed by atoms with E-state index in [1.807, 2.05) is 11.8 Å². The normalized spacial score (nSPS) is 13.3. The van der Waals surface area contributed by atoms with Crippen molar-refractivity contribution in [2.24, 2.45) is 0 Å². The van der Waals surface area contributed by atoms with E-state index in [1.165, 1.54) is 59.9 Å². The standard InChI is InChI=1S/C48H31NS/c1-3-14-32(15-4-1)33-26-28-35(29-27-33)44-31-36(30-43(49-44)34-16-5-2-6-17-34)37-19-13-23-42-47(37)38-18-7-8-20-39(38)48(42)40-21-9-11-24-45(40)50-46-25-12-10-22-41(46)48/h1-31H. The predicted octanol–water partition coefficient (Wildman–Crippen LogP) is 12.6. The number of pyridine rings is 1. The van der Waals surface area contributed by atoms with Crippen LogP contribution in [0.15, 0.2) is 198 Å². The topological polar surface area (TPSA) is 12.9 Å². The number of nitrogens with zero attached hydrogens (tertiary/aromatic N) is 1. The molecule has 2 heteroatoms. The van der Waals surface area contributed by atoms with Crippen molar-refractivity contribution in [2.45, 2.75) is 15.2 Å². The van der Waals surface area contributed by atoms with Gasteiger partial charge in [-0.2, -0.15) is 0 Å². The number of hydrogen-bond acceptors (Lipinski definition) is 2. The van der Waals surface area contributed by atoms with Crippen LogP contribution in [0.3, 0.4) is 0 Å². The van der Waals surface area contributed by atoms with E-state index < -0.39 is 5.41 Å². The second kappa shape index (κ2) is 11.6. The zero-order valence-electron chi connectivity index (χ0n) is 27.3. The van der Waals surface area contributed by atoms with E-state index in [-0.39, 0.29) is 0 Å². The maximum Gasteiger partial charge on any atom is 0.0735 e. The fraction of sp³-hybridized carbons (Fsp3) is 0.0208. The molecule has 0 bridgehead atoms. The summed E-state index contributed by atoms with van der Waals surface area (Å²) in [6.45, 7) is 0. The smallest absolute Gasteiger partial charge is 0.0735 e. The maximum atomic E-state index is 5.28. The molecule has 8 aromatic rings. The van der Waals surface area contributed by atoms with Gasteiger partial charge in [-0.25, -0.2) is 4.98 Å². The first-order valence-electron chi connectivity index (χ1n) is 17.1. The molecule has 50 heavy (non-hydrogen) atoms. The maximum absolute atomic E-state index is 5.28. The Morgan fingerprint density at radius 3 is 1.46 bits per heavy atom. The van der Waals surface area contributed by atoms with Crippen molar-refractivity contribution >= 4 is 11.8 Å². The van der Waals surface area contributed by atoms with Crippen molar-refractivity contribution in [3.05, 3.63) is 210 Å². The summed E-state index contributed by atoms with van der Waals surface area (Å²) >= 11 is 1.88. The molecular weight excluding hydrogens is 623 g/mol. The number of hydrogen-bond donors (Lipinski definition) is 0. The molecule has 0 fully saturated rings. The largest absolute Gasteiger partial charge is 0.248 e. The lowest BCUT2D eigenvalue weighted by Crippen LogP contribution is -2.31. The summed E-state index contributed by atoms with van der Waals surface area (Å²) in [6.07, 6.45) is 0. The van der Waals surface area contributed by atoms with E-state index in [2.05, 4.69) is 188 Å². The van der Waals surface area contributed by atoms with Crippen molar-refractivity contribution in [1.82, 2.24) is 4.98 Å². The van der Waals surface area contributed by atoms with Crippen molar-refractivity contribution in [3.63, 3.8) is 0 Å². The minimum absolute atomic E-state index is 0.411. The van der Waals surface area contributed by atoms with Crippen LogP contribution in [0.1, 0.15) is 22.3 Å². The molecule has 0 amide bonds. The molecule has 1 nitrogen and oxygen atoms in total. The molecule has 0 saturated carbocycles. The highest BCUT2D eigenvalue weighted by Crippen LogP contribution is 2.63. The molecule has 0 saturated heterocycles. The van der Waals surface area contributed by atoms with Gasteiger partial charge in [0, 0.05) is 20.9 Å². The summed E-state index contributed by atoms with van der Waals surface area (Å²) in [5.41, 5.74) is 16.5. The summed E-state index contributed by atoms with van der Waals surface area (Å²) in [7, 11) is 0. The minimum Gasteiger partial charge on any atom is -0.248 e. The van der Waals surface area contributed by atoms with Gasteiger partial charge in [-0.3, -0.25) is 0 Å². The zero-order chi connectivity index (χ0) is 33.1. The summed E-state index contributed by atoms with van der Waals surface area (Å²) in [4.78, 5) is 7.91. The molecule has 1 spiro atoms. The van der Waals surface area contributed by atoms with Crippen LogP contribution in [-0.4, -0.2) is 4.98 Å². The monoisotopic (exact) mass is 653 g/mol. The van der Waals surface area contributed by atoms with Crippen molar-refractivity contribution in [3.8, 4) is 55.9 Å². The highest BCUT2D eigenvalue weighted by molar-refractivity contribution is 7.99. The molecule has 0 N–H and O–H groups in total. The lowest BCUT2D eigenvalue weighted by molar-refractivity contribution is 0.722. The van der Waals surface area contributed by atoms with Gasteiger partial charge >= 0.3 is 0 Å². The van der Waals surface area contributed by atoms with Gasteiger partial charge in [0.15, 0.2) is 0 Å². The average Bonchev–Trinajstić information content (AvgIpc) is 3.49. The molecule has 0 radical (unpaired) electrons. The third-order valence-corrected chi connectivity index (χ3v) is 11.5. The van der Waals surface area contributed by atoms with E-state index >= 15 is 0 Å². The fourth-order valence-electron chi connectivity index (χ4n) is 8.20. The lowest BCUT2D eigenvalue weighted by atomic mass is 9.67. The summed E-state index contributed by atoms with van der Waals surface area (Å²) in [5.74, 6) is 0.